The van der Waals surface area contributed by atoms with Gasteiger partial charge in [-0.3, -0.25) is 9.59 Å². The van der Waals surface area contributed by atoms with Crippen LogP contribution in [0.4, 0.5) is 0 Å². The maximum atomic E-state index is 13.8. The lowest BCUT2D eigenvalue weighted by Crippen LogP contribution is -2.49. The van der Waals surface area contributed by atoms with Crippen LogP contribution in [-0.2, 0) is 14.4 Å². The number of aliphatic carboxylic acids is 1. The number of thiazole rings is 1. The number of nitrogens with zero attached hydrogens (tertiary/aromatic N) is 2. The molecule has 3 N–H and O–H groups in total. The first kappa shape index (κ1) is 32.0. The Bertz CT molecular complexity index is 1680. The molecule has 6 rings (SSSR count). The second-order valence-corrected chi connectivity index (χ2v) is 14.0. The average Bonchev–Trinajstić information content (AvgIpc) is 3.33. The van der Waals surface area contributed by atoms with E-state index in [4.69, 9.17) is 19.4 Å². The van der Waals surface area contributed by atoms with E-state index in [-0.39, 0.29) is 24.2 Å². The number of amides is 2. The Kier molecular flexibility index (Phi) is 9.05. The summed E-state index contributed by atoms with van der Waals surface area (Å²) in [6.07, 6.45) is 8.04. The minimum Gasteiger partial charge on any atom is -0.496 e. The van der Waals surface area contributed by atoms with Crippen LogP contribution in [-0.4, -0.2) is 58.2 Å². The number of allylic oxidation sites excluding steroid dienone is 1. The van der Waals surface area contributed by atoms with E-state index in [2.05, 4.69) is 24.5 Å². The first-order valence-electron chi connectivity index (χ1n) is 16.2. The van der Waals surface area contributed by atoms with Gasteiger partial charge < -0.3 is 25.2 Å². The van der Waals surface area contributed by atoms with Crippen LogP contribution >= 0.6 is 11.3 Å². The summed E-state index contributed by atoms with van der Waals surface area (Å²) >= 11 is 1.53. The molecular formula is C35H42N4O6S. The van der Waals surface area contributed by atoms with Gasteiger partial charge in [0.2, 0.25) is 11.8 Å². The zero-order valence-corrected chi connectivity index (χ0v) is 27.6. The molecule has 3 heterocycles. The van der Waals surface area contributed by atoms with Crippen LogP contribution in [0.25, 0.3) is 21.6 Å². The SMILES string of the molecule is COc1ccc2c(OC3CC4C(=O)NCCCCC/C=C\C5CC5(C(=O)O)NC(=O)[C@@H]4C3)cc(-c3nc(C(C)C)cs3)nc2c1C. The number of carbonyl (C=O) groups excluding carboxylic acids is 2. The van der Waals surface area contributed by atoms with E-state index in [9.17, 15) is 19.5 Å². The second-order valence-electron chi connectivity index (χ2n) is 13.1. The van der Waals surface area contributed by atoms with Crippen LogP contribution in [0.5, 0.6) is 11.5 Å². The third kappa shape index (κ3) is 6.21. The van der Waals surface area contributed by atoms with Crippen molar-refractivity contribution in [3.63, 3.8) is 0 Å². The Morgan fingerprint density at radius 3 is 2.59 bits per heavy atom. The third-order valence-electron chi connectivity index (χ3n) is 9.64. The summed E-state index contributed by atoms with van der Waals surface area (Å²) in [5, 5.41) is 19.6. The van der Waals surface area contributed by atoms with Crippen LogP contribution in [0.15, 0.2) is 35.7 Å². The normalized spacial score (nSPS) is 27.5. The fraction of sp³-hybridized carbons (Fsp3) is 0.514. The molecule has 2 amide bonds. The predicted octanol–water partition coefficient (Wildman–Crippen LogP) is 5.78. The first-order valence-corrected chi connectivity index (χ1v) is 17.1. The topological polar surface area (TPSA) is 140 Å². The molecule has 1 aromatic carbocycles. The van der Waals surface area contributed by atoms with Gasteiger partial charge in [-0.1, -0.05) is 32.4 Å². The summed E-state index contributed by atoms with van der Waals surface area (Å²) in [6.45, 7) is 6.69. The highest BCUT2D eigenvalue weighted by Gasteiger charge is 2.61. The number of aryl methyl sites for hydroxylation is 1. The molecule has 2 aliphatic carbocycles. The van der Waals surface area contributed by atoms with Gasteiger partial charge in [-0.15, -0.1) is 11.3 Å². The average molecular weight is 647 g/mol. The Hall–Kier alpha value is -3.99. The number of hydrogen-bond donors (Lipinski definition) is 3. The summed E-state index contributed by atoms with van der Waals surface area (Å²) in [5.74, 6) is -1.70. The Morgan fingerprint density at radius 1 is 1.09 bits per heavy atom. The summed E-state index contributed by atoms with van der Waals surface area (Å²) in [5.41, 5.74) is 1.93. The number of pyridine rings is 1. The lowest BCUT2D eigenvalue weighted by atomic mass is 9.93. The lowest BCUT2D eigenvalue weighted by Gasteiger charge is -2.21. The minimum atomic E-state index is -1.33. The minimum absolute atomic E-state index is 0.194. The highest BCUT2D eigenvalue weighted by atomic mass is 32.1. The summed E-state index contributed by atoms with van der Waals surface area (Å²) < 4.78 is 12.3. The number of aromatic nitrogens is 2. The molecule has 5 atom stereocenters. The Morgan fingerprint density at radius 2 is 1.87 bits per heavy atom. The van der Waals surface area contributed by atoms with Crippen LogP contribution in [0.3, 0.4) is 0 Å². The van der Waals surface area contributed by atoms with E-state index in [1.54, 1.807) is 7.11 Å². The van der Waals surface area contributed by atoms with Crippen LogP contribution in [0, 0.1) is 24.7 Å². The van der Waals surface area contributed by atoms with E-state index in [1.807, 2.05) is 42.7 Å². The number of carboxylic acid groups (broad SMARTS) is 1. The van der Waals surface area contributed by atoms with Gasteiger partial charge in [0.15, 0.2) is 0 Å². The molecule has 0 bridgehead atoms. The summed E-state index contributed by atoms with van der Waals surface area (Å²) in [7, 11) is 1.63. The number of nitrogens with one attached hydrogen (secondary N) is 2. The number of carboxylic acids is 1. The number of benzene rings is 1. The molecule has 3 aromatic rings. The van der Waals surface area contributed by atoms with Crippen molar-refractivity contribution in [2.45, 2.75) is 83.3 Å². The first-order chi connectivity index (χ1) is 22.1. The number of ether oxygens (including phenoxy) is 2. The molecule has 46 heavy (non-hydrogen) atoms. The highest BCUT2D eigenvalue weighted by molar-refractivity contribution is 7.13. The molecule has 2 saturated carbocycles. The van der Waals surface area contributed by atoms with Crippen molar-refractivity contribution in [3.05, 3.63) is 47.0 Å². The van der Waals surface area contributed by atoms with Crippen molar-refractivity contribution in [2.75, 3.05) is 13.7 Å². The molecule has 1 aliphatic heterocycles. The van der Waals surface area contributed by atoms with E-state index in [1.165, 1.54) is 11.3 Å². The number of carbonyl (C=O) groups is 3. The molecule has 0 spiro atoms. The van der Waals surface area contributed by atoms with Gasteiger partial charge in [0.05, 0.1) is 30.2 Å². The lowest BCUT2D eigenvalue weighted by molar-refractivity contribution is -0.144. The molecule has 2 fully saturated rings. The van der Waals surface area contributed by atoms with Crippen LogP contribution in [0.2, 0.25) is 0 Å². The van der Waals surface area contributed by atoms with Crippen molar-refractivity contribution in [2.24, 2.45) is 17.8 Å². The van der Waals surface area contributed by atoms with Crippen LogP contribution < -0.4 is 20.1 Å². The standard InChI is InChI=1S/C35H42N4O6S/c1-19(2)27-18-46-33(38-27)26-16-29(23-11-12-28(44-4)20(3)30(23)37-26)45-22-14-24-25(15-22)32(41)39-35(34(42)43)17-21(35)10-8-6-5-7-9-13-36-31(24)40/h8,10-12,16,18-19,21-22,24-25H,5-7,9,13-15,17H2,1-4H3,(H,36,40)(H,39,41)(H,42,43)/b10-8-/t21?,22?,24?,25-,35?/m1/s1. The van der Waals surface area contributed by atoms with Crippen LogP contribution in [0.1, 0.15) is 76.0 Å². The molecule has 0 radical (unpaired) electrons. The van der Waals surface area contributed by atoms with Crippen molar-refractivity contribution in [1.29, 1.82) is 0 Å². The molecule has 4 unspecified atom stereocenters. The molecule has 2 aromatic heterocycles. The number of fused-ring (bicyclic) bond motifs is 3. The fourth-order valence-electron chi connectivity index (χ4n) is 6.77. The number of methoxy groups -OCH3 is 1. The molecule has 3 aliphatic rings. The van der Waals surface area contributed by atoms with E-state index in [0.717, 1.165) is 52.9 Å². The largest absolute Gasteiger partial charge is 0.496 e. The third-order valence-corrected chi connectivity index (χ3v) is 10.5. The monoisotopic (exact) mass is 646 g/mol. The van der Waals surface area contributed by atoms with Crippen molar-refractivity contribution < 1.29 is 29.0 Å². The predicted molar refractivity (Wildman–Crippen MR) is 176 cm³/mol. The van der Waals surface area contributed by atoms with Gasteiger partial charge in [-0.05, 0) is 63.5 Å². The molecule has 11 heteroatoms. The quantitative estimate of drug-likeness (QED) is 0.287. The van der Waals surface area contributed by atoms with Gasteiger partial charge in [0, 0.05) is 34.9 Å². The molecule has 10 nitrogen and oxygen atoms in total. The molecule has 0 saturated heterocycles. The van der Waals surface area contributed by atoms with E-state index < -0.39 is 35.4 Å². The van der Waals surface area contributed by atoms with Gasteiger partial charge in [0.25, 0.3) is 0 Å². The molecule has 244 valence electrons. The second kappa shape index (κ2) is 13.0. The number of rotatable bonds is 6. The smallest absolute Gasteiger partial charge is 0.330 e. The Balaban J connectivity index is 1.33. The van der Waals surface area contributed by atoms with Gasteiger partial charge in [0.1, 0.15) is 33.8 Å². The summed E-state index contributed by atoms with van der Waals surface area (Å²) in [6, 6.07) is 5.69. The zero-order chi connectivity index (χ0) is 32.6. The zero-order valence-electron chi connectivity index (χ0n) is 26.8. The highest BCUT2D eigenvalue weighted by Crippen LogP contribution is 2.47. The van der Waals surface area contributed by atoms with Gasteiger partial charge >= 0.3 is 5.97 Å². The maximum absolute atomic E-state index is 13.8. The van der Waals surface area contributed by atoms with Gasteiger partial charge in [-0.2, -0.15) is 0 Å². The van der Waals surface area contributed by atoms with E-state index in [0.29, 0.717) is 36.6 Å². The van der Waals surface area contributed by atoms with Crippen molar-refractivity contribution >= 4 is 40.0 Å². The maximum Gasteiger partial charge on any atom is 0.330 e. The number of hydrogen-bond acceptors (Lipinski definition) is 8. The van der Waals surface area contributed by atoms with Crippen molar-refractivity contribution in [3.8, 4) is 22.2 Å². The molecular weight excluding hydrogens is 604 g/mol. The van der Waals surface area contributed by atoms with Gasteiger partial charge in [-0.25, -0.2) is 14.8 Å². The Labute approximate surface area is 273 Å². The van der Waals surface area contributed by atoms with E-state index >= 15 is 0 Å². The summed E-state index contributed by atoms with van der Waals surface area (Å²) in [4.78, 5) is 49.4. The van der Waals surface area contributed by atoms with Crippen molar-refractivity contribution in [1.82, 2.24) is 20.6 Å². The fourth-order valence-corrected chi connectivity index (χ4v) is 7.71.